The van der Waals surface area contributed by atoms with Gasteiger partial charge in [-0.2, -0.15) is 13.2 Å². The first-order valence-electron chi connectivity index (χ1n) is 9.22. The molecule has 3 rings (SSSR count). The Morgan fingerprint density at radius 3 is 2.52 bits per heavy atom. The lowest BCUT2D eigenvalue weighted by atomic mass is 10.1. The molecule has 0 fully saturated rings. The van der Waals surface area contributed by atoms with Crippen molar-refractivity contribution in [3.63, 3.8) is 0 Å². The van der Waals surface area contributed by atoms with Gasteiger partial charge in [0.25, 0.3) is 5.91 Å². The molecule has 3 aromatic rings. The van der Waals surface area contributed by atoms with Gasteiger partial charge in [0.2, 0.25) is 0 Å². The van der Waals surface area contributed by atoms with E-state index in [0.717, 1.165) is 17.8 Å². The minimum absolute atomic E-state index is 0.118. The second kappa shape index (κ2) is 8.41. The maximum absolute atomic E-state index is 13.3. The van der Waals surface area contributed by atoms with Gasteiger partial charge in [-0.15, -0.1) is 0 Å². The van der Waals surface area contributed by atoms with E-state index in [4.69, 9.17) is 11.6 Å². The van der Waals surface area contributed by atoms with E-state index in [1.807, 2.05) is 19.1 Å². The Balaban J connectivity index is 2.01. The Morgan fingerprint density at radius 2 is 1.93 bits per heavy atom. The number of pyridine rings is 2. The van der Waals surface area contributed by atoms with E-state index in [1.165, 1.54) is 4.40 Å². The summed E-state index contributed by atoms with van der Waals surface area (Å²) in [4.78, 5) is 23.1. The molecule has 0 bridgehead atoms. The number of aromatic nitrogens is 3. The third kappa shape index (κ3) is 4.37. The van der Waals surface area contributed by atoms with Crippen molar-refractivity contribution in [2.45, 2.75) is 32.9 Å². The molecule has 0 N–H and O–H groups in total. The summed E-state index contributed by atoms with van der Waals surface area (Å²) in [7, 11) is 0. The van der Waals surface area contributed by atoms with Crippen LogP contribution in [0.5, 0.6) is 0 Å². The number of amides is 1. The average Bonchev–Trinajstić information content (AvgIpc) is 3.07. The summed E-state index contributed by atoms with van der Waals surface area (Å²) in [6.07, 6.45) is 0.649. The van der Waals surface area contributed by atoms with E-state index < -0.39 is 11.7 Å². The third-order valence-corrected chi connectivity index (χ3v) is 4.98. The fourth-order valence-corrected chi connectivity index (χ4v) is 3.40. The normalized spacial score (nSPS) is 11.8. The standard InChI is InChI=1S/C20H20ClF3N4O/c1-3-16-17(19(29)27(4-2)10-7-13-5-8-25-9-6-13)28-12-14(20(22,23)24)11-15(21)18(28)26-16/h5-6,8-9,11-12H,3-4,7,10H2,1-2H3. The lowest BCUT2D eigenvalue weighted by molar-refractivity contribution is -0.137. The van der Waals surface area contributed by atoms with Crippen molar-refractivity contribution in [1.29, 1.82) is 0 Å². The maximum atomic E-state index is 13.3. The van der Waals surface area contributed by atoms with Crippen LogP contribution >= 0.6 is 11.6 Å². The molecule has 0 unspecified atom stereocenters. The van der Waals surface area contributed by atoms with E-state index >= 15 is 0 Å². The number of likely N-dealkylation sites (N-methyl/N-ethyl adjacent to an activating group) is 1. The van der Waals surface area contributed by atoms with Crippen molar-refractivity contribution in [2.24, 2.45) is 0 Å². The van der Waals surface area contributed by atoms with Crippen LogP contribution < -0.4 is 0 Å². The van der Waals surface area contributed by atoms with Crippen molar-refractivity contribution >= 4 is 23.2 Å². The average molecular weight is 425 g/mol. The van der Waals surface area contributed by atoms with Crippen LogP contribution in [0.3, 0.4) is 0 Å². The summed E-state index contributed by atoms with van der Waals surface area (Å²) < 4.78 is 40.9. The van der Waals surface area contributed by atoms with Crippen LogP contribution in [-0.2, 0) is 19.0 Å². The summed E-state index contributed by atoms with van der Waals surface area (Å²) in [5.74, 6) is -0.374. The van der Waals surface area contributed by atoms with Gasteiger partial charge in [-0.05, 0) is 43.5 Å². The fraction of sp³-hybridized carbons (Fsp3) is 0.350. The summed E-state index contributed by atoms with van der Waals surface area (Å²) in [6, 6.07) is 4.55. The molecule has 3 heterocycles. The van der Waals surface area contributed by atoms with Crippen LogP contribution in [0.25, 0.3) is 5.65 Å². The van der Waals surface area contributed by atoms with Gasteiger partial charge in [-0.25, -0.2) is 4.98 Å². The van der Waals surface area contributed by atoms with Crippen LogP contribution in [0.1, 0.15) is 41.2 Å². The van der Waals surface area contributed by atoms with E-state index in [0.29, 0.717) is 31.6 Å². The molecule has 0 aliphatic rings. The predicted octanol–water partition coefficient (Wildman–Crippen LogP) is 4.67. The Hall–Kier alpha value is -2.61. The van der Waals surface area contributed by atoms with Crippen LogP contribution in [0.2, 0.25) is 5.02 Å². The molecule has 0 radical (unpaired) electrons. The monoisotopic (exact) mass is 424 g/mol. The topological polar surface area (TPSA) is 50.5 Å². The highest BCUT2D eigenvalue weighted by atomic mass is 35.5. The molecule has 29 heavy (non-hydrogen) atoms. The zero-order chi connectivity index (χ0) is 21.2. The number of imidazole rings is 1. The first-order valence-corrected chi connectivity index (χ1v) is 9.59. The zero-order valence-electron chi connectivity index (χ0n) is 16.0. The van der Waals surface area contributed by atoms with Crippen molar-refractivity contribution in [1.82, 2.24) is 19.3 Å². The van der Waals surface area contributed by atoms with Gasteiger partial charge < -0.3 is 4.90 Å². The highest BCUT2D eigenvalue weighted by Crippen LogP contribution is 2.33. The quantitative estimate of drug-likeness (QED) is 0.578. The molecule has 0 saturated heterocycles. The lowest BCUT2D eigenvalue weighted by Gasteiger charge is -2.21. The Morgan fingerprint density at radius 1 is 1.24 bits per heavy atom. The van der Waals surface area contributed by atoms with Crippen molar-refractivity contribution in [2.75, 3.05) is 13.1 Å². The molecular formula is C20H20ClF3N4O. The molecular weight excluding hydrogens is 405 g/mol. The minimum Gasteiger partial charge on any atom is -0.337 e. The maximum Gasteiger partial charge on any atom is 0.417 e. The van der Waals surface area contributed by atoms with Gasteiger partial charge in [-0.1, -0.05) is 18.5 Å². The Kier molecular flexibility index (Phi) is 6.12. The number of hydrogen-bond acceptors (Lipinski definition) is 3. The van der Waals surface area contributed by atoms with E-state index in [9.17, 15) is 18.0 Å². The third-order valence-electron chi connectivity index (χ3n) is 4.70. The molecule has 0 aliphatic heterocycles. The number of fused-ring (bicyclic) bond motifs is 1. The molecule has 3 aromatic heterocycles. The van der Waals surface area contributed by atoms with E-state index in [1.54, 1.807) is 24.2 Å². The molecule has 0 aliphatic carbocycles. The number of nitrogens with zero attached hydrogens (tertiary/aromatic N) is 4. The van der Waals surface area contributed by atoms with Gasteiger partial charge in [0, 0.05) is 31.7 Å². The number of hydrogen-bond donors (Lipinski definition) is 0. The molecule has 0 aromatic carbocycles. The smallest absolute Gasteiger partial charge is 0.337 e. The number of rotatable bonds is 6. The molecule has 9 heteroatoms. The molecule has 1 amide bonds. The van der Waals surface area contributed by atoms with Crippen LogP contribution in [0.15, 0.2) is 36.8 Å². The van der Waals surface area contributed by atoms with Crippen molar-refractivity contribution < 1.29 is 18.0 Å². The van der Waals surface area contributed by atoms with Crippen LogP contribution in [0, 0.1) is 0 Å². The number of carbonyl (C=O) groups is 1. The highest BCUT2D eigenvalue weighted by Gasteiger charge is 2.33. The first-order chi connectivity index (χ1) is 13.8. The second-order valence-electron chi connectivity index (χ2n) is 6.52. The fourth-order valence-electron chi connectivity index (χ4n) is 3.15. The molecule has 5 nitrogen and oxygen atoms in total. The van der Waals surface area contributed by atoms with Gasteiger partial charge in [-0.3, -0.25) is 14.2 Å². The molecule has 154 valence electrons. The Bertz CT molecular complexity index is 1020. The SMILES string of the molecule is CCc1nc2c(Cl)cc(C(F)(F)F)cn2c1C(=O)N(CC)CCc1ccncc1. The lowest BCUT2D eigenvalue weighted by Crippen LogP contribution is -2.34. The second-order valence-corrected chi connectivity index (χ2v) is 6.93. The number of aryl methyl sites for hydroxylation is 1. The van der Waals surface area contributed by atoms with Crippen molar-refractivity contribution in [3.05, 3.63) is 64.3 Å². The van der Waals surface area contributed by atoms with Gasteiger partial charge in [0.1, 0.15) is 5.69 Å². The number of carbonyl (C=O) groups excluding carboxylic acids is 1. The first kappa shape index (κ1) is 21.1. The number of halogens is 4. The van der Waals surface area contributed by atoms with Gasteiger partial charge in [0.15, 0.2) is 5.65 Å². The van der Waals surface area contributed by atoms with E-state index in [2.05, 4.69) is 9.97 Å². The minimum atomic E-state index is -4.58. The largest absolute Gasteiger partial charge is 0.417 e. The Labute approximate surface area is 171 Å². The summed E-state index contributed by atoms with van der Waals surface area (Å²) in [5.41, 5.74) is 0.766. The molecule has 0 spiro atoms. The van der Waals surface area contributed by atoms with Gasteiger partial charge in [0.05, 0.1) is 16.3 Å². The van der Waals surface area contributed by atoms with Crippen LogP contribution in [0.4, 0.5) is 13.2 Å². The molecule has 0 atom stereocenters. The molecule has 0 saturated carbocycles. The van der Waals surface area contributed by atoms with Gasteiger partial charge >= 0.3 is 6.18 Å². The summed E-state index contributed by atoms with van der Waals surface area (Å²) >= 11 is 6.06. The predicted molar refractivity (Wildman–Crippen MR) is 104 cm³/mol. The number of alkyl halides is 3. The van der Waals surface area contributed by atoms with Crippen molar-refractivity contribution in [3.8, 4) is 0 Å². The summed E-state index contributed by atoms with van der Waals surface area (Å²) in [5, 5.41) is -0.145. The highest BCUT2D eigenvalue weighted by molar-refractivity contribution is 6.33. The zero-order valence-corrected chi connectivity index (χ0v) is 16.8. The summed E-state index contributed by atoms with van der Waals surface area (Å²) in [6.45, 7) is 4.45. The van der Waals surface area contributed by atoms with E-state index in [-0.39, 0.29) is 22.3 Å². The van der Waals surface area contributed by atoms with Crippen LogP contribution in [-0.4, -0.2) is 38.3 Å².